The van der Waals surface area contributed by atoms with E-state index in [-0.39, 0.29) is 11.8 Å². The molecule has 0 N–H and O–H groups in total. The Morgan fingerprint density at radius 3 is 2.24 bits per heavy atom. The number of esters is 1. The molecule has 0 bridgehead atoms. The molecule has 5 nitrogen and oxygen atoms in total. The first kappa shape index (κ1) is 16.8. The molecule has 0 saturated heterocycles. The number of cyclic esters (lactones) is 1. The highest BCUT2D eigenvalue weighted by molar-refractivity contribution is 6.12. The summed E-state index contributed by atoms with van der Waals surface area (Å²) in [6.07, 6.45) is 1.81. The van der Waals surface area contributed by atoms with Crippen LogP contribution < -0.4 is 9.47 Å². The number of methoxy groups -OCH3 is 1. The number of carbonyl (C=O) groups is 1. The second-order valence-corrected chi connectivity index (χ2v) is 5.80. The van der Waals surface area contributed by atoms with Gasteiger partial charge in [0.05, 0.1) is 13.2 Å². The maximum absolute atomic E-state index is 12.0. The van der Waals surface area contributed by atoms with E-state index in [2.05, 4.69) is 4.99 Å². The molecule has 2 aromatic carbocycles. The summed E-state index contributed by atoms with van der Waals surface area (Å²) >= 11 is 0. The van der Waals surface area contributed by atoms with E-state index in [9.17, 15) is 4.79 Å². The van der Waals surface area contributed by atoms with Gasteiger partial charge in [-0.3, -0.25) is 0 Å². The van der Waals surface area contributed by atoms with E-state index in [1.807, 2.05) is 38.1 Å². The lowest BCUT2D eigenvalue weighted by atomic mass is 10.2. The molecule has 0 radical (unpaired) electrons. The van der Waals surface area contributed by atoms with Gasteiger partial charge in [0.1, 0.15) is 11.5 Å². The predicted molar refractivity (Wildman–Crippen MR) is 95.8 cm³/mol. The summed E-state index contributed by atoms with van der Waals surface area (Å²) in [4.78, 5) is 16.3. The second-order valence-electron chi connectivity index (χ2n) is 5.80. The van der Waals surface area contributed by atoms with Crippen molar-refractivity contribution in [2.24, 2.45) is 4.99 Å². The highest BCUT2D eigenvalue weighted by atomic mass is 16.6. The Hall–Kier alpha value is -3.08. The minimum Gasteiger partial charge on any atom is -0.497 e. The first-order valence-electron chi connectivity index (χ1n) is 7.99. The molecule has 128 valence electrons. The lowest BCUT2D eigenvalue weighted by Crippen LogP contribution is -2.05. The smallest absolute Gasteiger partial charge is 0.363 e. The highest BCUT2D eigenvalue weighted by Gasteiger charge is 2.24. The van der Waals surface area contributed by atoms with E-state index in [0.29, 0.717) is 5.90 Å². The summed E-state index contributed by atoms with van der Waals surface area (Å²) in [5.74, 6) is 1.34. The predicted octanol–water partition coefficient (Wildman–Crippen LogP) is 3.83. The van der Waals surface area contributed by atoms with E-state index < -0.39 is 5.97 Å². The van der Waals surface area contributed by atoms with Crippen molar-refractivity contribution in [2.45, 2.75) is 20.0 Å². The summed E-state index contributed by atoms with van der Waals surface area (Å²) in [6, 6.07) is 14.7. The fourth-order valence-corrected chi connectivity index (χ4v) is 2.34. The van der Waals surface area contributed by atoms with Crippen molar-refractivity contribution in [3.8, 4) is 11.5 Å². The quantitative estimate of drug-likeness (QED) is 0.615. The summed E-state index contributed by atoms with van der Waals surface area (Å²) in [7, 11) is 1.60. The summed E-state index contributed by atoms with van der Waals surface area (Å²) in [6.45, 7) is 3.94. The molecule has 1 heterocycles. The highest BCUT2D eigenvalue weighted by Crippen LogP contribution is 2.22. The molecular formula is C20H19NO4. The second kappa shape index (κ2) is 7.21. The van der Waals surface area contributed by atoms with Gasteiger partial charge in [-0.25, -0.2) is 9.79 Å². The van der Waals surface area contributed by atoms with Gasteiger partial charge in [0.2, 0.25) is 5.90 Å². The third-order valence-corrected chi connectivity index (χ3v) is 3.51. The molecule has 25 heavy (non-hydrogen) atoms. The van der Waals surface area contributed by atoms with Crippen LogP contribution >= 0.6 is 0 Å². The number of benzene rings is 2. The minimum absolute atomic E-state index is 0.116. The van der Waals surface area contributed by atoms with Gasteiger partial charge in [-0.05, 0) is 61.9 Å². The lowest BCUT2D eigenvalue weighted by Gasteiger charge is -2.09. The van der Waals surface area contributed by atoms with Crippen LogP contribution in [0, 0.1) is 0 Å². The van der Waals surface area contributed by atoms with Crippen molar-refractivity contribution >= 4 is 17.9 Å². The molecule has 0 saturated carbocycles. The zero-order valence-corrected chi connectivity index (χ0v) is 14.4. The fraction of sp³-hybridized carbons (Fsp3) is 0.200. The SMILES string of the molecule is COc1ccc(C2=N/C(=C/c3ccc(OC(C)C)cc3)C(=O)O2)cc1. The number of hydrogen-bond donors (Lipinski definition) is 0. The lowest BCUT2D eigenvalue weighted by molar-refractivity contribution is -0.129. The van der Waals surface area contributed by atoms with Crippen LogP contribution in [0.4, 0.5) is 0 Å². The normalized spacial score (nSPS) is 15.3. The van der Waals surface area contributed by atoms with Crippen LogP contribution in [0.15, 0.2) is 59.2 Å². The largest absolute Gasteiger partial charge is 0.497 e. The van der Waals surface area contributed by atoms with E-state index in [1.165, 1.54) is 0 Å². The Morgan fingerprint density at radius 2 is 1.64 bits per heavy atom. The Labute approximate surface area is 146 Å². The summed E-state index contributed by atoms with van der Waals surface area (Å²) in [5.41, 5.74) is 1.84. The fourth-order valence-electron chi connectivity index (χ4n) is 2.34. The van der Waals surface area contributed by atoms with Crippen molar-refractivity contribution in [3.63, 3.8) is 0 Å². The van der Waals surface area contributed by atoms with E-state index in [1.54, 1.807) is 37.5 Å². The molecule has 5 heteroatoms. The standard InChI is InChI=1S/C20H19NO4/c1-13(2)24-17-8-4-14(5-9-17)12-18-20(22)25-19(21-18)15-6-10-16(23-3)11-7-15/h4-13H,1-3H3/b18-12+. The summed E-state index contributed by atoms with van der Waals surface area (Å²) < 4.78 is 16.0. The molecule has 0 aliphatic carbocycles. The first-order chi connectivity index (χ1) is 12.0. The molecule has 3 rings (SSSR count). The van der Waals surface area contributed by atoms with Crippen molar-refractivity contribution in [1.82, 2.24) is 0 Å². The number of rotatable bonds is 5. The van der Waals surface area contributed by atoms with Gasteiger partial charge in [-0.2, -0.15) is 0 Å². The Morgan fingerprint density at radius 1 is 1.00 bits per heavy atom. The number of ether oxygens (including phenoxy) is 3. The van der Waals surface area contributed by atoms with Crippen LogP contribution in [0.3, 0.4) is 0 Å². The van der Waals surface area contributed by atoms with Crippen molar-refractivity contribution in [2.75, 3.05) is 7.11 Å². The molecular weight excluding hydrogens is 318 g/mol. The van der Waals surface area contributed by atoms with Crippen LogP contribution in [-0.2, 0) is 9.53 Å². The zero-order valence-electron chi connectivity index (χ0n) is 14.4. The molecule has 0 spiro atoms. The van der Waals surface area contributed by atoms with Crippen LogP contribution in [0.2, 0.25) is 0 Å². The molecule has 2 aromatic rings. The Bertz CT molecular complexity index is 818. The van der Waals surface area contributed by atoms with Gasteiger partial charge in [0, 0.05) is 5.56 Å². The summed E-state index contributed by atoms with van der Waals surface area (Å²) in [5, 5.41) is 0. The van der Waals surface area contributed by atoms with Crippen molar-refractivity contribution < 1.29 is 19.0 Å². The van der Waals surface area contributed by atoms with Crippen molar-refractivity contribution in [3.05, 3.63) is 65.4 Å². The van der Waals surface area contributed by atoms with Gasteiger partial charge >= 0.3 is 5.97 Å². The maximum Gasteiger partial charge on any atom is 0.363 e. The molecule has 1 aliphatic rings. The monoisotopic (exact) mass is 337 g/mol. The maximum atomic E-state index is 12.0. The topological polar surface area (TPSA) is 57.1 Å². The van der Waals surface area contributed by atoms with Gasteiger partial charge in [-0.15, -0.1) is 0 Å². The molecule has 1 aliphatic heterocycles. The number of carbonyl (C=O) groups excluding carboxylic acids is 1. The molecule has 0 unspecified atom stereocenters. The number of nitrogens with zero attached hydrogens (tertiary/aromatic N) is 1. The number of hydrogen-bond acceptors (Lipinski definition) is 5. The molecule has 0 fully saturated rings. The van der Waals surface area contributed by atoms with E-state index in [4.69, 9.17) is 14.2 Å². The molecule has 0 amide bonds. The molecule has 0 aromatic heterocycles. The molecule has 0 atom stereocenters. The van der Waals surface area contributed by atoms with Crippen LogP contribution in [0.25, 0.3) is 6.08 Å². The van der Waals surface area contributed by atoms with E-state index >= 15 is 0 Å². The minimum atomic E-state index is -0.465. The van der Waals surface area contributed by atoms with Gasteiger partial charge < -0.3 is 14.2 Å². The van der Waals surface area contributed by atoms with Crippen molar-refractivity contribution in [1.29, 1.82) is 0 Å². The van der Waals surface area contributed by atoms with E-state index in [0.717, 1.165) is 22.6 Å². The van der Waals surface area contributed by atoms with Gasteiger partial charge in [0.15, 0.2) is 5.70 Å². The zero-order chi connectivity index (χ0) is 17.8. The van der Waals surface area contributed by atoms with Crippen LogP contribution in [0.1, 0.15) is 25.0 Å². The Balaban J connectivity index is 1.80. The average Bonchev–Trinajstić information content (AvgIpc) is 2.97. The van der Waals surface area contributed by atoms with Gasteiger partial charge in [-0.1, -0.05) is 12.1 Å². The average molecular weight is 337 g/mol. The van der Waals surface area contributed by atoms with Crippen LogP contribution in [-0.4, -0.2) is 25.1 Å². The third-order valence-electron chi connectivity index (χ3n) is 3.51. The van der Waals surface area contributed by atoms with Gasteiger partial charge in [0.25, 0.3) is 0 Å². The number of aliphatic imine (C=N–C) groups is 1. The first-order valence-corrected chi connectivity index (χ1v) is 7.99. The Kier molecular flexibility index (Phi) is 4.84. The third kappa shape index (κ3) is 4.07. The van der Waals surface area contributed by atoms with Crippen LogP contribution in [0.5, 0.6) is 11.5 Å².